The molecule has 0 spiro atoms. The Morgan fingerprint density at radius 3 is 2.63 bits per heavy atom. The van der Waals surface area contributed by atoms with Crippen LogP contribution in [-0.4, -0.2) is 44.3 Å². The summed E-state index contributed by atoms with van der Waals surface area (Å²) in [7, 11) is 10.3. The van der Waals surface area contributed by atoms with Crippen molar-refractivity contribution in [3.63, 3.8) is 0 Å². The molecule has 0 aliphatic heterocycles. The molecule has 2 radical (unpaired) electrons. The third-order valence-electron chi connectivity index (χ3n) is 2.23. The molecule has 0 bridgehead atoms. The van der Waals surface area contributed by atoms with E-state index in [-0.39, 0.29) is 15.6 Å². The van der Waals surface area contributed by atoms with Crippen LogP contribution in [0.25, 0.3) is 10.2 Å². The molecule has 0 saturated carbocycles. The first kappa shape index (κ1) is 13.8. The van der Waals surface area contributed by atoms with Gasteiger partial charge in [0, 0.05) is 0 Å². The van der Waals surface area contributed by atoms with Crippen molar-refractivity contribution >= 4 is 41.0 Å². The van der Waals surface area contributed by atoms with Gasteiger partial charge in [0.05, 0.1) is 10.2 Å². The molecular formula is C11H11BFN2O3S+. The van der Waals surface area contributed by atoms with Crippen LogP contribution < -0.4 is 10.3 Å². The van der Waals surface area contributed by atoms with Gasteiger partial charge < -0.3 is 0 Å². The Morgan fingerprint density at radius 1 is 1.42 bits per heavy atom. The van der Waals surface area contributed by atoms with Crippen molar-refractivity contribution in [3.05, 3.63) is 27.6 Å². The van der Waals surface area contributed by atoms with E-state index < -0.39 is 16.8 Å². The molecule has 0 unspecified atom stereocenters. The lowest BCUT2D eigenvalue weighted by Gasteiger charge is -2.19. The molecule has 0 aliphatic carbocycles. The van der Waals surface area contributed by atoms with Gasteiger partial charge in [-0.2, -0.15) is 4.57 Å². The minimum Gasteiger partial charge on any atom is -0.256 e. The van der Waals surface area contributed by atoms with Gasteiger partial charge in [-0.3, -0.25) is 9.63 Å². The first-order chi connectivity index (χ1) is 8.69. The van der Waals surface area contributed by atoms with Crippen LogP contribution in [0.4, 0.5) is 9.18 Å². The fourth-order valence-corrected chi connectivity index (χ4v) is 2.39. The van der Waals surface area contributed by atoms with Crippen molar-refractivity contribution in [2.75, 3.05) is 21.1 Å². The highest BCUT2D eigenvalue weighted by Gasteiger charge is 2.23. The second-order valence-electron chi connectivity index (χ2n) is 4.79. The van der Waals surface area contributed by atoms with E-state index in [1.807, 2.05) is 0 Å². The molecule has 5 nitrogen and oxygen atoms in total. The van der Waals surface area contributed by atoms with E-state index >= 15 is 0 Å². The molecule has 8 heteroatoms. The lowest BCUT2D eigenvalue weighted by molar-refractivity contribution is -1.04. The summed E-state index contributed by atoms with van der Waals surface area (Å²) >= 11 is 0.809. The molecule has 0 atom stereocenters. The van der Waals surface area contributed by atoms with Crippen molar-refractivity contribution in [2.24, 2.45) is 0 Å². The number of thiazole rings is 1. The van der Waals surface area contributed by atoms with Gasteiger partial charge in [-0.05, 0) is 12.1 Å². The number of aromatic nitrogens is 1. The summed E-state index contributed by atoms with van der Waals surface area (Å²) < 4.78 is 14.6. The van der Waals surface area contributed by atoms with Gasteiger partial charge in [0.1, 0.15) is 34.8 Å². The maximum Gasteiger partial charge on any atom is 0.476 e. The molecule has 0 saturated heterocycles. The third kappa shape index (κ3) is 2.69. The lowest BCUT2D eigenvalue weighted by Crippen LogP contribution is -2.40. The van der Waals surface area contributed by atoms with Crippen LogP contribution in [0.2, 0.25) is 0 Å². The first-order valence-electron chi connectivity index (χ1n) is 5.35. The quantitative estimate of drug-likeness (QED) is 0.437. The zero-order valence-corrected chi connectivity index (χ0v) is 11.5. The Balaban J connectivity index is 2.61. The SMILES string of the molecule is [B]c1cc2sc(=O)n(C(=O)O[N+](C)(C)C)c2cc1F. The normalized spacial score (nSPS) is 11.8. The number of hydroxylamine groups is 3. The van der Waals surface area contributed by atoms with Gasteiger partial charge >= 0.3 is 11.0 Å². The van der Waals surface area contributed by atoms with Crippen molar-refractivity contribution in [3.8, 4) is 0 Å². The standard InChI is InChI=1S/C11H11BFN2O3S/c1-15(2,3)18-10(16)14-8-5-7(13)6(12)4-9(8)19-11(14)17/h4-5H,1-3H3/q+1. The summed E-state index contributed by atoms with van der Waals surface area (Å²) in [6, 6.07) is 2.38. The number of carbonyl (C=O) groups excluding carboxylic acids is 1. The summed E-state index contributed by atoms with van der Waals surface area (Å²) in [5.74, 6) is -0.683. The number of quaternary nitrogens is 1. The molecule has 1 heterocycles. The lowest BCUT2D eigenvalue weighted by atomic mass is 9.96. The summed E-state index contributed by atoms with van der Waals surface area (Å²) in [6.45, 7) is 0. The van der Waals surface area contributed by atoms with Crippen molar-refractivity contribution < 1.29 is 18.7 Å². The molecular weight excluding hydrogens is 270 g/mol. The molecule has 19 heavy (non-hydrogen) atoms. The smallest absolute Gasteiger partial charge is 0.256 e. The predicted molar refractivity (Wildman–Crippen MR) is 71.3 cm³/mol. The maximum absolute atomic E-state index is 13.4. The van der Waals surface area contributed by atoms with E-state index in [4.69, 9.17) is 12.7 Å². The number of hydrogen-bond acceptors (Lipinski definition) is 4. The number of fused-ring (bicyclic) bond motifs is 1. The highest BCUT2D eigenvalue weighted by Crippen LogP contribution is 2.17. The number of rotatable bonds is 1. The molecule has 0 fully saturated rings. The van der Waals surface area contributed by atoms with Crippen molar-refractivity contribution in [1.29, 1.82) is 0 Å². The molecule has 98 valence electrons. The zero-order chi connectivity index (χ0) is 14.4. The molecule has 0 aliphatic rings. The molecule has 1 aromatic carbocycles. The predicted octanol–water partition coefficient (Wildman–Crippen LogP) is 0.602. The van der Waals surface area contributed by atoms with E-state index in [0.29, 0.717) is 4.70 Å². The van der Waals surface area contributed by atoms with Gasteiger partial charge in [-0.15, -0.1) is 4.65 Å². The molecule has 2 aromatic rings. The Labute approximate surface area is 113 Å². The van der Waals surface area contributed by atoms with Crippen molar-refractivity contribution in [2.45, 2.75) is 0 Å². The first-order valence-corrected chi connectivity index (χ1v) is 6.16. The Kier molecular flexibility index (Phi) is 3.23. The minimum atomic E-state index is -0.854. The minimum absolute atomic E-state index is 0.0686. The molecule has 0 N–H and O–H groups in total. The van der Waals surface area contributed by atoms with Gasteiger partial charge in [0.2, 0.25) is 0 Å². The number of halogens is 1. The summed E-state index contributed by atoms with van der Waals surface area (Å²) in [5.41, 5.74) is 0.0843. The maximum atomic E-state index is 13.4. The fraction of sp³-hybridized carbons (Fsp3) is 0.273. The average molecular weight is 281 g/mol. The van der Waals surface area contributed by atoms with E-state index in [1.54, 1.807) is 21.1 Å². The third-order valence-corrected chi connectivity index (χ3v) is 3.14. The average Bonchev–Trinajstić information content (AvgIpc) is 2.52. The van der Waals surface area contributed by atoms with Crippen LogP contribution in [0.5, 0.6) is 0 Å². The van der Waals surface area contributed by atoms with Gasteiger partial charge in [0.25, 0.3) is 0 Å². The van der Waals surface area contributed by atoms with Crippen LogP contribution in [0.3, 0.4) is 0 Å². The highest BCUT2D eigenvalue weighted by atomic mass is 32.1. The van der Waals surface area contributed by atoms with Crippen LogP contribution >= 0.6 is 11.3 Å². The number of hydrogen-bond donors (Lipinski definition) is 0. The van der Waals surface area contributed by atoms with E-state index in [2.05, 4.69) is 0 Å². The monoisotopic (exact) mass is 281 g/mol. The number of nitrogens with zero attached hydrogens (tertiary/aromatic N) is 2. The van der Waals surface area contributed by atoms with E-state index in [1.165, 1.54) is 6.07 Å². The van der Waals surface area contributed by atoms with Crippen molar-refractivity contribution in [1.82, 2.24) is 4.57 Å². The van der Waals surface area contributed by atoms with Crippen LogP contribution in [0.1, 0.15) is 0 Å². The molecule has 0 amide bonds. The van der Waals surface area contributed by atoms with E-state index in [0.717, 1.165) is 22.0 Å². The topological polar surface area (TPSA) is 48.3 Å². The largest absolute Gasteiger partial charge is 0.476 e. The van der Waals surface area contributed by atoms with Crippen LogP contribution in [0, 0.1) is 5.82 Å². The fourth-order valence-electron chi connectivity index (χ4n) is 1.50. The van der Waals surface area contributed by atoms with Crippen LogP contribution in [-0.2, 0) is 4.84 Å². The number of benzene rings is 1. The Bertz CT molecular complexity index is 717. The second-order valence-corrected chi connectivity index (χ2v) is 5.78. The van der Waals surface area contributed by atoms with Gasteiger partial charge in [-0.1, -0.05) is 16.8 Å². The zero-order valence-electron chi connectivity index (χ0n) is 10.6. The van der Waals surface area contributed by atoms with E-state index in [9.17, 15) is 14.0 Å². The number of carbonyl (C=O) groups is 1. The summed E-state index contributed by atoms with van der Waals surface area (Å²) in [6.07, 6.45) is -0.854. The molecule has 2 rings (SSSR count). The highest BCUT2D eigenvalue weighted by molar-refractivity contribution is 7.16. The van der Waals surface area contributed by atoms with Gasteiger partial charge in [0.15, 0.2) is 0 Å². The Hall–Kier alpha value is -1.67. The summed E-state index contributed by atoms with van der Waals surface area (Å²) in [5, 5.41) is 0. The van der Waals surface area contributed by atoms with Gasteiger partial charge in [-0.25, -0.2) is 9.18 Å². The van der Waals surface area contributed by atoms with Crippen LogP contribution in [0.15, 0.2) is 16.9 Å². The summed E-state index contributed by atoms with van der Waals surface area (Å²) in [4.78, 5) is 28.2. The molecule has 1 aromatic heterocycles. The second kappa shape index (κ2) is 4.46. The Morgan fingerprint density at radius 2 is 2.05 bits per heavy atom.